The van der Waals surface area contributed by atoms with Crippen LogP contribution in [0.2, 0.25) is 0 Å². The Morgan fingerprint density at radius 1 is 1.40 bits per heavy atom. The van der Waals surface area contributed by atoms with Gasteiger partial charge in [0.1, 0.15) is 6.29 Å². The molecule has 1 aliphatic rings. The molecule has 0 N–H and O–H groups in total. The van der Waals surface area contributed by atoms with Crippen LogP contribution in [0.5, 0.6) is 0 Å². The summed E-state index contributed by atoms with van der Waals surface area (Å²) in [6.07, 6.45) is 3.49. The Morgan fingerprint density at radius 2 is 2.20 bits per heavy atom. The summed E-state index contributed by atoms with van der Waals surface area (Å²) in [5, 5.41) is 3.12. The maximum absolute atomic E-state index is 10.3. The van der Waals surface area contributed by atoms with Gasteiger partial charge in [-0.2, -0.15) is 0 Å². The summed E-state index contributed by atoms with van der Waals surface area (Å²) in [5.41, 5.74) is 0. The Bertz CT molecular complexity index is 294. The lowest BCUT2D eigenvalue weighted by atomic mass is 10.3. The number of rotatable bonds is 4. The third-order valence-corrected chi connectivity index (χ3v) is 3.46. The molecule has 2 heterocycles. The van der Waals surface area contributed by atoms with Crippen LogP contribution in [0, 0.1) is 0 Å². The first-order valence-electron chi connectivity index (χ1n) is 5.20. The lowest BCUT2D eigenvalue weighted by Gasteiger charge is -2.34. The average Bonchev–Trinajstić information content (AvgIpc) is 2.80. The van der Waals surface area contributed by atoms with E-state index >= 15 is 0 Å². The molecule has 0 amide bonds. The predicted molar refractivity (Wildman–Crippen MR) is 61.4 cm³/mol. The molecule has 1 aromatic heterocycles. The number of carbonyl (C=O) groups excluding carboxylic acids is 1. The quantitative estimate of drug-likeness (QED) is 0.712. The molecule has 2 rings (SSSR count). The number of piperazine rings is 1. The van der Waals surface area contributed by atoms with E-state index in [0.717, 1.165) is 44.1 Å². The molecule has 0 unspecified atom stereocenters. The summed E-state index contributed by atoms with van der Waals surface area (Å²) in [5.74, 6) is 0. The summed E-state index contributed by atoms with van der Waals surface area (Å²) < 4.78 is 0. The molecule has 0 saturated carbocycles. The zero-order valence-corrected chi connectivity index (χ0v) is 9.45. The van der Waals surface area contributed by atoms with Gasteiger partial charge in [-0.1, -0.05) is 0 Å². The van der Waals surface area contributed by atoms with Crippen molar-refractivity contribution in [1.82, 2.24) is 9.88 Å². The second kappa shape index (κ2) is 5.23. The maximum Gasteiger partial charge on any atom is 0.185 e. The van der Waals surface area contributed by atoms with Gasteiger partial charge in [-0.3, -0.25) is 4.90 Å². The monoisotopic (exact) mass is 225 g/mol. The predicted octanol–water partition coefficient (Wildman–Crippen LogP) is 0.854. The van der Waals surface area contributed by atoms with E-state index in [-0.39, 0.29) is 0 Å². The van der Waals surface area contributed by atoms with Crippen molar-refractivity contribution in [2.45, 2.75) is 6.42 Å². The number of anilines is 1. The van der Waals surface area contributed by atoms with Gasteiger partial charge >= 0.3 is 0 Å². The molecule has 15 heavy (non-hydrogen) atoms. The molecule has 0 atom stereocenters. The SMILES string of the molecule is O=CCCN1CCN(c2nccs2)CC1. The first-order valence-corrected chi connectivity index (χ1v) is 6.08. The summed E-state index contributed by atoms with van der Waals surface area (Å²) in [6, 6.07) is 0. The summed E-state index contributed by atoms with van der Waals surface area (Å²) >= 11 is 1.69. The Labute approximate surface area is 93.5 Å². The molecule has 82 valence electrons. The second-order valence-corrected chi connectivity index (χ2v) is 4.47. The first kappa shape index (κ1) is 10.6. The molecule has 0 aliphatic carbocycles. The molecule has 1 aromatic rings. The van der Waals surface area contributed by atoms with E-state index < -0.39 is 0 Å². The van der Waals surface area contributed by atoms with Crippen LogP contribution >= 0.6 is 11.3 Å². The van der Waals surface area contributed by atoms with Crippen LogP contribution in [0.15, 0.2) is 11.6 Å². The van der Waals surface area contributed by atoms with Crippen LogP contribution in [0.3, 0.4) is 0 Å². The van der Waals surface area contributed by atoms with Crippen molar-refractivity contribution < 1.29 is 4.79 Å². The van der Waals surface area contributed by atoms with Gasteiger partial charge in [0.2, 0.25) is 0 Å². The van der Waals surface area contributed by atoms with E-state index in [2.05, 4.69) is 14.8 Å². The molecule has 1 aliphatic heterocycles. The zero-order valence-electron chi connectivity index (χ0n) is 8.63. The standard InChI is InChI=1S/C10H15N3OS/c14-8-1-3-12-4-6-13(7-5-12)10-11-2-9-15-10/h2,8-9H,1,3-7H2. The summed E-state index contributed by atoms with van der Waals surface area (Å²) in [4.78, 5) is 19.2. The van der Waals surface area contributed by atoms with Crippen LogP contribution in [0.25, 0.3) is 0 Å². The van der Waals surface area contributed by atoms with E-state index in [1.807, 2.05) is 11.6 Å². The number of nitrogens with zero attached hydrogens (tertiary/aromatic N) is 3. The van der Waals surface area contributed by atoms with Crippen molar-refractivity contribution in [3.8, 4) is 0 Å². The van der Waals surface area contributed by atoms with Crippen molar-refractivity contribution in [2.75, 3.05) is 37.6 Å². The third-order valence-electron chi connectivity index (χ3n) is 2.63. The first-order chi connectivity index (χ1) is 7.40. The zero-order chi connectivity index (χ0) is 10.5. The normalized spacial score (nSPS) is 18.0. The Kier molecular flexibility index (Phi) is 3.69. The van der Waals surface area contributed by atoms with Crippen LogP contribution in [-0.4, -0.2) is 48.9 Å². The molecule has 0 radical (unpaired) electrons. The van der Waals surface area contributed by atoms with Crippen molar-refractivity contribution in [2.24, 2.45) is 0 Å². The Balaban J connectivity index is 1.79. The van der Waals surface area contributed by atoms with E-state index in [1.54, 1.807) is 11.3 Å². The van der Waals surface area contributed by atoms with Gasteiger partial charge in [-0.15, -0.1) is 11.3 Å². The van der Waals surface area contributed by atoms with E-state index in [0.29, 0.717) is 6.42 Å². The van der Waals surface area contributed by atoms with Crippen LogP contribution in [0.1, 0.15) is 6.42 Å². The van der Waals surface area contributed by atoms with Crippen LogP contribution in [-0.2, 0) is 4.79 Å². The van der Waals surface area contributed by atoms with Gasteiger partial charge in [0, 0.05) is 50.7 Å². The van der Waals surface area contributed by atoms with Gasteiger partial charge in [-0.25, -0.2) is 4.98 Å². The molecule has 0 aromatic carbocycles. The smallest absolute Gasteiger partial charge is 0.185 e. The van der Waals surface area contributed by atoms with E-state index in [4.69, 9.17) is 0 Å². The summed E-state index contributed by atoms with van der Waals surface area (Å²) in [6.45, 7) is 5.01. The second-order valence-electron chi connectivity index (χ2n) is 3.60. The largest absolute Gasteiger partial charge is 0.346 e. The fraction of sp³-hybridized carbons (Fsp3) is 0.600. The topological polar surface area (TPSA) is 36.4 Å². The highest BCUT2D eigenvalue weighted by molar-refractivity contribution is 7.13. The number of aromatic nitrogens is 1. The fourth-order valence-electron chi connectivity index (χ4n) is 1.77. The van der Waals surface area contributed by atoms with E-state index in [1.165, 1.54) is 0 Å². The van der Waals surface area contributed by atoms with Crippen LogP contribution < -0.4 is 4.90 Å². The maximum atomic E-state index is 10.3. The molecule has 5 heteroatoms. The van der Waals surface area contributed by atoms with Gasteiger partial charge < -0.3 is 9.69 Å². The fourth-order valence-corrected chi connectivity index (χ4v) is 2.47. The lowest BCUT2D eigenvalue weighted by molar-refractivity contribution is -0.108. The Morgan fingerprint density at radius 3 is 2.80 bits per heavy atom. The molecule has 4 nitrogen and oxygen atoms in total. The van der Waals surface area contributed by atoms with Gasteiger partial charge in [0.15, 0.2) is 5.13 Å². The highest BCUT2D eigenvalue weighted by atomic mass is 32.1. The average molecular weight is 225 g/mol. The number of thiazole rings is 1. The highest BCUT2D eigenvalue weighted by Crippen LogP contribution is 2.18. The minimum absolute atomic E-state index is 0.650. The minimum Gasteiger partial charge on any atom is -0.346 e. The number of aldehydes is 1. The van der Waals surface area contributed by atoms with Crippen LogP contribution in [0.4, 0.5) is 5.13 Å². The molecule has 0 bridgehead atoms. The van der Waals surface area contributed by atoms with Crippen molar-refractivity contribution >= 4 is 22.8 Å². The van der Waals surface area contributed by atoms with Crippen molar-refractivity contribution in [1.29, 1.82) is 0 Å². The van der Waals surface area contributed by atoms with Gasteiger partial charge in [-0.05, 0) is 0 Å². The number of hydrogen-bond acceptors (Lipinski definition) is 5. The molecule has 1 fully saturated rings. The van der Waals surface area contributed by atoms with Gasteiger partial charge in [0.05, 0.1) is 0 Å². The highest BCUT2D eigenvalue weighted by Gasteiger charge is 2.17. The minimum atomic E-state index is 0.650. The molecular formula is C10H15N3OS. The Hall–Kier alpha value is -0.940. The molecular weight excluding hydrogens is 210 g/mol. The number of carbonyl (C=O) groups is 1. The van der Waals surface area contributed by atoms with E-state index in [9.17, 15) is 4.79 Å². The van der Waals surface area contributed by atoms with Crippen molar-refractivity contribution in [3.63, 3.8) is 0 Å². The molecule has 1 saturated heterocycles. The third kappa shape index (κ3) is 2.76. The summed E-state index contributed by atoms with van der Waals surface area (Å²) in [7, 11) is 0. The molecule has 0 spiro atoms. The number of hydrogen-bond donors (Lipinski definition) is 0. The van der Waals surface area contributed by atoms with Gasteiger partial charge in [0.25, 0.3) is 0 Å². The van der Waals surface area contributed by atoms with Crippen molar-refractivity contribution in [3.05, 3.63) is 11.6 Å². The lowest BCUT2D eigenvalue weighted by Crippen LogP contribution is -2.46.